The molecule has 1 aliphatic heterocycles. The number of rotatable bonds is 7. The molecule has 2 rings (SSSR count). The van der Waals surface area contributed by atoms with Gasteiger partial charge in [-0.05, 0) is 37.0 Å². The smallest absolute Gasteiger partial charge is 0.128 e. The van der Waals surface area contributed by atoms with Gasteiger partial charge in [0.15, 0.2) is 0 Å². The van der Waals surface area contributed by atoms with E-state index in [1.165, 1.54) is 11.1 Å². The first-order valence-corrected chi connectivity index (χ1v) is 8.38. The maximum absolute atomic E-state index is 9.63. The van der Waals surface area contributed by atoms with Gasteiger partial charge in [0, 0.05) is 38.9 Å². The average Bonchev–Trinajstić information content (AvgIpc) is 2.50. The Kier molecular flexibility index (Phi) is 6.61. The summed E-state index contributed by atoms with van der Waals surface area (Å²) < 4.78 is 0. The summed E-state index contributed by atoms with van der Waals surface area (Å²) in [5.41, 5.74) is 2.48. The lowest BCUT2D eigenvalue weighted by Gasteiger charge is -2.35. The van der Waals surface area contributed by atoms with E-state index in [9.17, 15) is 5.11 Å². The van der Waals surface area contributed by atoms with Gasteiger partial charge in [0.2, 0.25) is 0 Å². The first-order valence-electron chi connectivity index (χ1n) is 8.38. The molecule has 2 N–H and O–H groups in total. The van der Waals surface area contributed by atoms with E-state index in [2.05, 4.69) is 27.8 Å². The average molecular weight is 307 g/mol. The number of aliphatic hydroxyl groups is 2. The highest BCUT2D eigenvalue weighted by atomic mass is 16.3. The van der Waals surface area contributed by atoms with Crippen LogP contribution in [0.3, 0.4) is 0 Å². The Morgan fingerprint density at radius 2 is 1.95 bits per heavy atom. The third-order valence-electron chi connectivity index (χ3n) is 4.22. The molecule has 0 aliphatic carbocycles. The van der Waals surface area contributed by atoms with E-state index in [-0.39, 0.29) is 12.7 Å². The molecular formula is C17H29N3O2. The minimum absolute atomic E-state index is 0.229. The Morgan fingerprint density at radius 3 is 2.55 bits per heavy atom. The highest BCUT2D eigenvalue weighted by Gasteiger charge is 2.18. The lowest BCUT2D eigenvalue weighted by atomic mass is 10.0. The van der Waals surface area contributed by atoms with Gasteiger partial charge in [-0.15, -0.1) is 0 Å². The van der Waals surface area contributed by atoms with Crippen LogP contribution >= 0.6 is 0 Å². The molecule has 1 aromatic rings. The van der Waals surface area contributed by atoms with Gasteiger partial charge in [0.1, 0.15) is 5.82 Å². The molecule has 0 amide bonds. The van der Waals surface area contributed by atoms with E-state index in [0.717, 1.165) is 51.4 Å². The third kappa shape index (κ3) is 4.66. The first-order chi connectivity index (χ1) is 10.6. The van der Waals surface area contributed by atoms with Crippen molar-refractivity contribution in [2.75, 3.05) is 44.2 Å². The maximum atomic E-state index is 9.63. The Labute approximate surface area is 133 Å². The number of anilines is 1. The van der Waals surface area contributed by atoms with Crippen molar-refractivity contribution < 1.29 is 10.2 Å². The lowest BCUT2D eigenvalue weighted by molar-refractivity contribution is 0.188. The standard InChI is InChI=1S/C17H29N3O2/c1-3-4-15-12-17(18-13-16(15)11-14(2)22)20-7-5-19(6-8-20)9-10-21/h12-14,21-22H,3-11H2,1-2H3. The molecule has 1 atom stereocenters. The summed E-state index contributed by atoms with van der Waals surface area (Å²) in [6, 6.07) is 2.20. The summed E-state index contributed by atoms with van der Waals surface area (Å²) in [7, 11) is 0. The van der Waals surface area contributed by atoms with Gasteiger partial charge in [0.05, 0.1) is 12.7 Å². The van der Waals surface area contributed by atoms with Crippen molar-refractivity contribution in [1.29, 1.82) is 0 Å². The van der Waals surface area contributed by atoms with Crippen molar-refractivity contribution in [3.63, 3.8) is 0 Å². The van der Waals surface area contributed by atoms with Crippen LogP contribution in [0.15, 0.2) is 12.3 Å². The summed E-state index contributed by atoms with van der Waals surface area (Å²) >= 11 is 0. The van der Waals surface area contributed by atoms with E-state index in [4.69, 9.17) is 5.11 Å². The monoisotopic (exact) mass is 307 g/mol. The number of hydrogen-bond acceptors (Lipinski definition) is 5. The molecule has 22 heavy (non-hydrogen) atoms. The maximum Gasteiger partial charge on any atom is 0.128 e. The van der Waals surface area contributed by atoms with E-state index in [1.807, 2.05) is 13.1 Å². The fraction of sp³-hybridized carbons (Fsp3) is 0.706. The first kappa shape index (κ1) is 17.2. The molecule has 1 unspecified atom stereocenters. The number of pyridine rings is 1. The minimum Gasteiger partial charge on any atom is -0.395 e. The zero-order valence-corrected chi connectivity index (χ0v) is 13.8. The Bertz CT molecular complexity index is 457. The highest BCUT2D eigenvalue weighted by Crippen LogP contribution is 2.20. The van der Waals surface area contributed by atoms with E-state index >= 15 is 0 Å². The van der Waals surface area contributed by atoms with Gasteiger partial charge < -0.3 is 15.1 Å². The molecule has 5 nitrogen and oxygen atoms in total. The quantitative estimate of drug-likeness (QED) is 0.789. The molecule has 0 radical (unpaired) electrons. The predicted molar refractivity (Wildman–Crippen MR) is 89.4 cm³/mol. The molecular weight excluding hydrogens is 278 g/mol. The fourth-order valence-electron chi connectivity index (χ4n) is 3.03. The van der Waals surface area contributed by atoms with Crippen LogP contribution < -0.4 is 4.90 Å². The largest absolute Gasteiger partial charge is 0.395 e. The van der Waals surface area contributed by atoms with Gasteiger partial charge in [-0.25, -0.2) is 4.98 Å². The summed E-state index contributed by atoms with van der Waals surface area (Å²) in [6.45, 7) is 8.84. The third-order valence-corrected chi connectivity index (χ3v) is 4.22. The molecule has 0 bridgehead atoms. The normalized spacial score (nSPS) is 17.7. The second-order valence-corrected chi connectivity index (χ2v) is 6.17. The summed E-state index contributed by atoms with van der Waals surface area (Å²) in [5, 5.41) is 18.6. The number of aliphatic hydroxyl groups excluding tert-OH is 2. The lowest BCUT2D eigenvalue weighted by Crippen LogP contribution is -2.47. The van der Waals surface area contributed by atoms with Crippen LogP contribution in [-0.4, -0.2) is 65.5 Å². The summed E-state index contributed by atoms with van der Waals surface area (Å²) in [5.74, 6) is 1.04. The van der Waals surface area contributed by atoms with Gasteiger partial charge in [-0.3, -0.25) is 4.90 Å². The van der Waals surface area contributed by atoms with Crippen LogP contribution in [0.25, 0.3) is 0 Å². The molecule has 0 spiro atoms. The number of hydrogen-bond donors (Lipinski definition) is 2. The molecule has 0 aromatic carbocycles. The minimum atomic E-state index is -0.328. The molecule has 124 valence electrons. The van der Waals surface area contributed by atoms with Crippen LogP contribution in [0.2, 0.25) is 0 Å². The molecule has 1 fully saturated rings. The zero-order chi connectivity index (χ0) is 15.9. The van der Waals surface area contributed by atoms with E-state index in [1.54, 1.807) is 0 Å². The summed E-state index contributed by atoms with van der Waals surface area (Å²) in [4.78, 5) is 9.22. The Hall–Kier alpha value is -1.17. The SMILES string of the molecule is CCCc1cc(N2CCN(CCO)CC2)ncc1CC(C)O. The number of nitrogens with zero attached hydrogens (tertiary/aromatic N) is 3. The van der Waals surface area contributed by atoms with Gasteiger partial charge in [-0.2, -0.15) is 0 Å². The number of β-amino-alcohol motifs (C(OH)–C–C–N with tert-alkyl or cyclic N) is 1. The molecule has 2 heterocycles. The topological polar surface area (TPSA) is 59.8 Å². The number of piperazine rings is 1. The van der Waals surface area contributed by atoms with E-state index in [0.29, 0.717) is 6.42 Å². The van der Waals surface area contributed by atoms with Crippen molar-refractivity contribution in [3.05, 3.63) is 23.4 Å². The Morgan fingerprint density at radius 1 is 1.23 bits per heavy atom. The van der Waals surface area contributed by atoms with Crippen LogP contribution in [-0.2, 0) is 12.8 Å². The van der Waals surface area contributed by atoms with E-state index < -0.39 is 0 Å². The predicted octanol–water partition coefficient (Wildman–Crippen LogP) is 1.07. The van der Waals surface area contributed by atoms with Gasteiger partial charge >= 0.3 is 0 Å². The van der Waals surface area contributed by atoms with Crippen LogP contribution in [0.4, 0.5) is 5.82 Å². The molecule has 0 saturated carbocycles. The zero-order valence-electron chi connectivity index (χ0n) is 13.8. The van der Waals surface area contributed by atoms with Crippen LogP contribution in [0.5, 0.6) is 0 Å². The molecule has 1 aromatic heterocycles. The van der Waals surface area contributed by atoms with Gasteiger partial charge in [-0.1, -0.05) is 13.3 Å². The number of aryl methyl sites for hydroxylation is 1. The highest BCUT2D eigenvalue weighted by molar-refractivity contribution is 5.44. The molecule has 5 heteroatoms. The Balaban J connectivity index is 2.07. The molecule has 1 aliphatic rings. The van der Waals surface area contributed by atoms with Crippen LogP contribution in [0.1, 0.15) is 31.4 Å². The van der Waals surface area contributed by atoms with Crippen LogP contribution in [0, 0.1) is 0 Å². The second-order valence-electron chi connectivity index (χ2n) is 6.17. The van der Waals surface area contributed by atoms with Gasteiger partial charge in [0.25, 0.3) is 0 Å². The fourth-order valence-corrected chi connectivity index (χ4v) is 3.03. The number of aromatic nitrogens is 1. The second kappa shape index (κ2) is 8.46. The van der Waals surface area contributed by atoms with Crippen molar-refractivity contribution in [2.45, 2.75) is 39.2 Å². The van der Waals surface area contributed by atoms with Crippen molar-refractivity contribution in [2.24, 2.45) is 0 Å². The molecule has 1 saturated heterocycles. The van der Waals surface area contributed by atoms with Crippen molar-refractivity contribution in [1.82, 2.24) is 9.88 Å². The van der Waals surface area contributed by atoms with Crippen molar-refractivity contribution >= 4 is 5.82 Å². The summed E-state index contributed by atoms with van der Waals surface area (Å²) in [6.07, 6.45) is 4.41. The van der Waals surface area contributed by atoms with Crippen molar-refractivity contribution in [3.8, 4) is 0 Å².